The maximum atomic E-state index is 12.1. The lowest BCUT2D eigenvalue weighted by Crippen LogP contribution is -2.23. The van der Waals surface area contributed by atoms with Crippen LogP contribution >= 0.6 is 0 Å². The van der Waals surface area contributed by atoms with Crippen LogP contribution in [0.25, 0.3) is 0 Å². The minimum absolute atomic E-state index is 0.222. The Morgan fingerprint density at radius 1 is 1.19 bits per heavy atom. The van der Waals surface area contributed by atoms with Gasteiger partial charge in [0.2, 0.25) is 5.43 Å². The number of hydrogen-bond donors (Lipinski definition) is 1. The molecule has 1 amide bonds. The lowest BCUT2D eigenvalue weighted by Gasteiger charge is -2.15. The van der Waals surface area contributed by atoms with Crippen molar-refractivity contribution in [3.8, 4) is 11.5 Å². The van der Waals surface area contributed by atoms with Crippen molar-refractivity contribution in [2.75, 3.05) is 19.0 Å². The molecule has 1 heterocycles. The van der Waals surface area contributed by atoms with E-state index >= 15 is 0 Å². The maximum Gasteiger partial charge on any atom is 0.262 e. The molecule has 0 saturated heterocycles. The van der Waals surface area contributed by atoms with Crippen LogP contribution in [0.5, 0.6) is 11.5 Å². The second-order valence-corrected chi connectivity index (χ2v) is 6.54. The van der Waals surface area contributed by atoms with Crippen LogP contribution in [0.3, 0.4) is 0 Å². The molecule has 0 atom stereocenters. The number of nitrogens with zero attached hydrogens (tertiary/aromatic N) is 1. The third kappa shape index (κ3) is 5.37. The number of benzene rings is 1. The van der Waals surface area contributed by atoms with Gasteiger partial charge in [0.25, 0.3) is 5.91 Å². The van der Waals surface area contributed by atoms with Crippen LogP contribution in [0.2, 0.25) is 0 Å². The zero-order chi connectivity index (χ0) is 19.1. The Kier molecular flexibility index (Phi) is 6.83. The van der Waals surface area contributed by atoms with Crippen LogP contribution in [0.4, 0.5) is 5.69 Å². The second kappa shape index (κ2) is 9.08. The van der Waals surface area contributed by atoms with Crippen LogP contribution < -0.4 is 20.2 Å². The van der Waals surface area contributed by atoms with E-state index in [1.165, 1.54) is 6.07 Å². The monoisotopic (exact) mass is 358 g/mol. The van der Waals surface area contributed by atoms with E-state index in [1.54, 1.807) is 37.6 Å². The number of amides is 1. The number of aromatic nitrogens is 1. The van der Waals surface area contributed by atoms with E-state index < -0.39 is 0 Å². The SMILES string of the molecule is COc1ccc(NC(=O)COc2c(C)n(CCC(C)C)ccc2=O)cc1. The van der Waals surface area contributed by atoms with Gasteiger partial charge in [0.1, 0.15) is 5.75 Å². The van der Waals surface area contributed by atoms with Crippen LogP contribution in [0, 0.1) is 12.8 Å². The molecular weight excluding hydrogens is 332 g/mol. The summed E-state index contributed by atoms with van der Waals surface area (Å²) < 4.78 is 12.6. The number of hydrogen-bond acceptors (Lipinski definition) is 4. The highest BCUT2D eigenvalue weighted by Gasteiger charge is 2.11. The molecule has 0 aliphatic heterocycles. The number of anilines is 1. The Bertz CT molecular complexity index is 794. The number of rotatable bonds is 8. The van der Waals surface area contributed by atoms with Gasteiger partial charge in [0.05, 0.1) is 12.8 Å². The van der Waals surface area contributed by atoms with E-state index in [4.69, 9.17) is 9.47 Å². The van der Waals surface area contributed by atoms with Crippen molar-refractivity contribution in [1.29, 1.82) is 0 Å². The minimum Gasteiger partial charge on any atom is -0.497 e. The maximum absolute atomic E-state index is 12.1. The summed E-state index contributed by atoms with van der Waals surface area (Å²) in [7, 11) is 1.58. The summed E-state index contributed by atoms with van der Waals surface area (Å²) in [5.41, 5.74) is 1.15. The van der Waals surface area contributed by atoms with Crippen molar-refractivity contribution in [1.82, 2.24) is 4.57 Å². The first-order valence-corrected chi connectivity index (χ1v) is 8.67. The number of carbonyl (C=O) groups excluding carboxylic acids is 1. The first-order valence-electron chi connectivity index (χ1n) is 8.67. The number of aryl methyl sites for hydroxylation is 1. The average Bonchev–Trinajstić information content (AvgIpc) is 2.61. The lowest BCUT2D eigenvalue weighted by atomic mass is 10.1. The Hall–Kier alpha value is -2.76. The number of ether oxygens (including phenoxy) is 2. The van der Waals surface area contributed by atoms with Gasteiger partial charge in [-0.1, -0.05) is 13.8 Å². The summed E-state index contributed by atoms with van der Waals surface area (Å²) in [5, 5.41) is 2.73. The molecule has 0 radical (unpaired) electrons. The second-order valence-electron chi connectivity index (χ2n) is 6.54. The summed E-state index contributed by atoms with van der Waals surface area (Å²) in [5.74, 6) is 1.17. The normalized spacial score (nSPS) is 10.7. The van der Waals surface area contributed by atoms with Crippen LogP contribution in [-0.2, 0) is 11.3 Å². The van der Waals surface area contributed by atoms with Crippen molar-refractivity contribution in [2.45, 2.75) is 33.7 Å². The van der Waals surface area contributed by atoms with Crippen LogP contribution in [0.15, 0.2) is 41.3 Å². The van der Waals surface area contributed by atoms with Gasteiger partial charge in [-0.05, 0) is 43.5 Å². The lowest BCUT2D eigenvalue weighted by molar-refractivity contribution is -0.118. The highest BCUT2D eigenvalue weighted by molar-refractivity contribution is 5.91. The molecule has 0 bridgehead atoms. The summed E-state index contributed by atoms with van der Waals surface area (Å²) in [6.45, 7) is 6.71. The van der Waals surface area contributed by atoms with E-state index in [-0.39, 0.29) is 23.7 Å². The molecule has 0 spiro atoms. The van der Waals surface area contributed by atoms with E-state index in [9.17, 15) is 9.59 Å². The predicted octanol–water partition coefficient (Wildman–Crippen LogP) is 3.23. The summed E-state index contributed by atoms with van der Waals surface area (Å²) in [4.78, 5) is 24.2. The van der Waals surface area contributed by atoms with E-state index in [1.807, 2.05) is 11.5 Å². The largest absolute Gasteiger partial charge is 0.497 e. The molecule has 26 heavy (non-hydrogen) atoms. The Morgan fingerprint density at radius 3 is 2.50 bits per heavy atom. The van der Waals surface area contributed by atoms with Gasteiger partial charge in [-0.25, -0.2) is 0 Å². The summed E-state index contributed by atoms with van der Waals surface area (Å²) in [6, 6.07) is 8.47. The fourth-order valence-corrected chi connectivity index (χ4v) is 2.48. The molecule has 0 fully saturated rings. The van der Waals surface area contributed by atoms with E-state index in [0.717, 1.165) is 18.7 Å². The third-order valence-electron chi connectivity index (χ3n) is 4.06. The number of methoxy groups -OCH3 is 1. The molecule has 2 aromatic rings. The fraction of sp³-hybridized carbons (Fsp3) is 0.400. The van der Waals surface area contributed by atoms with Crippen molar-refractivity contribution >= 4 is 11.6 Å². The van der Waals surface area contributed by atoms with Crippen molar-refractivity contribution in [2.24, 2.45) is 5.92 Å². The average molecular weight is 358 g/mol. The zero-order valence-electron chi connectivity index (χ0n) is 15.7. The Balaban J connectivity index is 2.00. The molecular formula is C20H26N2O4. The van der Waals surface area contributed by atoms with Crippen molar-refractivity contribution < 1.29 is 14.3 Å². The zero-order valence-corrected chi connectivity index (χ0v) is 15.7. The smallest absolute Gasteiger partial charge is 0.262 e. The molecule has 1 aromatic carbocycles. The minimum atomic E-state index is -0.327. The first-order chi connectivity index (χ1) is 12.4. The van der Waals surface area contributed by atoms with E-state index in [0.29, 0.717) is 17.4 Å². The number of nitrogens with one attached hydrogen (secondary N) is 1. The Morgan fingerprint density at radius 2 is 1.88 bits per heavy atom. The summed E-state index contributed by atoms with van der Waals surface area (Å²) in [6.07, 6.45) is 2.77. The van der Waals surface area contributed by atoms with Gasteiger partial charge in [-0.3, -0.25) is 9.59 Å². The first kappa shape index (κ1) is 19.6. The molecule has 2 rings (SSSR count). The molecule has 0 unspecified atom stereocenters. The number of carbonyl (C=O) groups is 1. The topological polar surface area (TPSA) is 69.6 Å². The molecule has 0 aliphatic carbocycles. The molecule has 6 nitrogen and oxygen atoms in total. The van der Waals surface area contributed by atoms with Crippen molar-refractivity contribution in [3.05, 3.63) is 52.4 Å². The van der Waals surface area contributed by atoms with Gasteiger partial charge in [0, 0.05) is 24.5 Å². The number of pyridine rings is 1. The van der Waals surface area contributed by atoms with Gasteiger partial charge in [-0.2, -0.15) is 0 Å². The van der Waals surface area contributed by atoms with Gasteiger partial charge >= 0.3 is 0 Å². The van der Waals surface area contributed by atoms with Gasteiger partial charge in [-0.15, -0.1) is 0 Å². The molecule has 6 heteroatoms. The molecule has 1 aromatic heterocycles. The molecule has 140 valence electrons. The molecule has 0 aliphatic rings. The van der Waals surface area contributed by atoms with Gasteiger partial charge < -0.3 is 19.4 Å². The summed E-state index contributed by atoms with van der Waals surface area (Å²) >= 11 is 0. The van der Waals surface area contributed by atoms with Gasteiger partial charge in [0.15, 0.2) is 12.4 Å². The standard InChI is InChI=1S/C20H26N2O4/c1-14(2)9-11-22-12-10-18(23)20(15(22)3)26-13-19(24)21-16-5-7-17(25-4)8-6-16/h5-8,10,12,14H,9,11,13H2,1-4H3,(H,21,24). The van der Waals surface area contributed by atoms with Crippen molar-refractivity contribution in [3.63, 3.8) is 0 Å². The molecule has 1 N–H and O–H groups in total. The Labute approximate surface area is 153 Å². The third-order valence-corrected chi connectivity index (χ3v) is 4.06. The predicted molar refractivity (Wildman–Crippen MR) is 102 cm³/mol. The quantitative estimate of drug-likeness (QED) is 0.787. The highest BCUT2D eigenvalue weighted by atomic mass is 16.5. The highest BCUT2D eigenvalue weighted by Crippen LogP contribution is 2.16. The van der Waals surface area contributed by atoms with E-state index in [2.05, 4.69) is 19.2 Å². The van der Waals surface area contributed by atoms with Crippen LogP contribution in [-0.4, -0.2) is 24.2 Å². The molecule has 0 saturated carbocycles. The fourth-order valence-electron chi connectivity index (χ4n) is 2.48. The van der Waals surface area contributed by atoms with Crippen LogP contribution in [0.1, 0.15) is 26.0 Å².